The number of hydrogen-bond acceptors (Lipinski definition) is 3. The Morgan fingerprint density at radius 3 is 2.67 bits per heavy atom. The molecule has 2 N–H and O–H groups in total. The van der Waals surface area contributed by atoms with Crippen LogP contribution in [-0.4, -0.2) is 17.6 Å². The van der Waals surface area contributed by atoms with E-state index < -0.39 is 6.10 Å². The zero-order valence-corrected chi connectivity index (χ0v) is 10.1. The molecule has 0 aliphatic heterocycles. The van der Waals surface area contributed by atoms with Crippen LogP contribution in [0.5, 0.6) is 0 Å². The van der Waals surface area contributed by atoms with Crippen LogP contribution in [0.2, 0.25) is 0 Å². The van der Waals surface area contributed by atoms with Crippen LogP contribution in [0.25, 0.3) is 0 Å². The predicted molar refractivity (Wildman–Crippen MR) is 67.2 cm³/mol. The molecule has 18 heavy (non-hydrogen) atoms. The number of aliphatic hydroxyl groups is 1. The maximum atomic E-state index is 11.8. The Kier molecular flexibility index (Phi) is 3.79. The second kappa shape index (κ2) is 5.51. The van der Waals surface area contributed by atoms with E-state index in [2.05, 4.69) is 5.32 Å². The van der Waals surface area contributed by atoms with E-state index in [0.29, 0.717) is 11.3 Å². The molecule has 0 spiro atoms. The molecule has 2 rings (SSSR count). The molecule has 94 valence electrons. The Labute approximate surface area is 105 Å². The Balaban J connectivity index is 1.90. The molecule has 1 amide bonds. The largest absolute Gasteiger partial charge is 0.467 e. The van der Waals surface area contributed by atoms with Gasteiger partial charge in [0, 0.05) is 5.56 Å². The summed E-state index contributed by atoms with van der Waals surface area (Å²) in [5.41, 5.74) is 1.68. The molecule has 1 aromatic heterocycles. The Morgan fingerprint density at radius 2 is 2.06 bits per heavy atom. The first-order valence-electron chi connectivity index (χ1n) is 5.73. The van der Waals surface area contributed by atoms with Crippen molar-refractivity contribution in [1.82, 2.24) is 5.32 Å². The van der Waals surface area contributed by atoms with Gasteiger partial charge >= 0.3 is 0 Å². The summed E-state index contributed by atoms with van der Waals surface area (Å²) in [6.07, 6.45) is 0.662. The van der Waals surface area contributed by atoms with Crippen molar-refractivity contribution < 1.29 is 14.3 Å². The molecule has 0 radical (unpaired) electrons. The van der Waals surface area contributed by atoms with E-state index >= 15 is 0 Å². The summed E-state index contributed by atoms with van der Waals surface area (Å²) in [6.45, 7) is 2.09. The van der Waals surface area contributed by atoms with E-state index in [9.17, 15) is 9.90 Å². The number of rotatable bonds is 4. The maximum absolute atomic E-state index is 11.8. The van der Waals surface area contributed by atoms with E-state index in [0.717, 1.165) is 5.56 Å². The van der Waals surface area contributed by atoms with Crippen LogP contribution in [0.15, 0.2) is 47.1 Å². The fourth-order valence-corrected chi connectivity index (χ4v) is 1.58. The zero-order valence-electron chi connectivity index (χ0n) is 10.1. The lowest BCUT2D eigenvalue weighted by molar-refractivity contribution is 0.0901. The topological polar surface area (TPSA) is 62.5 Å². The number of carbonyl (C=O) groups excluding carboxylic acids is 1. The molecule has 0 aliphatic carbocycles. The number of benzene rings is 1. The molecule has 1 heterocycles. The number of carbonyl (C=O) groups is 1. The molecule has 0 saturated carbocycles. The number of aryl methyl sites for hydroxylation is 1. The van der Waals surface area contributed by atoms with Gasteiger partial charge in [-0.15, -0.1) is 0 Å². The summed E-state index contributed by atoms with van der Waals surface area (Å²) >= 11 is 0. The van der Waals surface area contributed by atoms with Gasteiger partial charge in [-0.2, -0.15) is 0 Å². The third kappa shape index (κ3) is 2.99. The van der Waals surface area contributed by atoms with Gasteiger partial charge in [0.25, 0.3) is 5.91 Å². The van der Waals surface area contributed by atoms with Crippen molar-refractivity contribution in [2.45, 2.75) is 13.0 Å². The Hall–Kier alpha value is -2.07. The third-order valence-electron chi connectivity index (χ3n) is 2.64. The van der Waals surface area contributed by atoms with Gasteiger partial charge < -0.3 is 14.8 Å². The van der Waals surface area contributed by atoms with Crippen molar-refractivity contribution in [3.8, 4) is 0 Å². The molecular formula is C14H15NO3. The van der Waals surface area contributed by atoms with Crippen LogP contribution >= 0.6 is 0 Å². The number of hydrogen-bond donors (Lipinski definition) is 2. The molecule has 0 bridgehead atoms. The molecule has 0 saturated heterocycles. The maximum Gasteiger partial charge on any atom is 0.251 e. The first-order valence-corrected chi connectivity index (χ1v) is 5.73. The van der Waals surface area contributed by atoms with Gasteiger partial charge in [0.05, 0.1) is 12.8 Å². The van der Waals surface area contributed by atoms with E-state index in [1.807, 2.05) is 19.1 Å². The Bertz CT molecular complexity index is 502. The normalized spacial score (nSPS) is 12.1. The molecule has 2 aromatic rings. The lowest BCUT2D eigenvalue weighted by Gasteiger charge is -2.09. The van der Waals surface area contributed by atoms with Crippen molar-refractivity contribution in [1.29, 1.82) is 0 Å². The lowest BCUT2D eigenvalue weighted by atomic mass is 10.1. The van der Waals surface area contributed by atoms with E-state index in [1.165, 1.54) is 6.26 Å². The van der Waals surface area contributed by atoms with Gasteiger partial charge in [-0.05, 0) is 31.2 Å². The molecule has 0 fully saturated rings. The molecule has 1 atom stereocenters. The van der Waals surface area contributed by atoms with Crippen LogP contribution in [0.4, 0.5) is 0 Å². The number of aliphatic hydroxyl groups excluding tert-OH is 1. The van der Waals surface area contributed by atoms with E-state index in [-0.39, 0.29) is 12.5 Å². The Morgan fingerprint density at radius 1 is 1.33 bits per heavy atom. The first kappa shape index (κ1) is 12.4. The summed E-state index contributed by atoms with van der Waals surface area (Å²) in [7, 11) is 0. The number of nitrogens with one attached hydrogen (secondary N) is 1. The highest BCUT2D eigenvalue weighted by Gasteiger charge is 2.12. The molecule has 0 aliphatic rings. The average molecular weight is 245 g/mol. The summed E-state index contributed by atoms with van der Waals surface area (Å²) in [5.74, 6) is 0.236. The molecule has 4 nitrogen and oxygen atoms in total. The second-order valence-corrected chi connectivity index (χ2v) is 4.11. The van der Waals surface area contributed by atoms with Crippen molar-refractivity contribution in [2.24, 2.45) is 0 Å². The SMILES string of the molecule is Cc1ccc(C(=O)NCC(O)c2ccco2)cc1. The third-order valence-corrected chi connectivity index (χ3v) is 2.64. The van der Waals surface area contributed by atoms with Gasteiger partial charge in [0.15, 0.2) is 0 Å². The van der Waals surface area contributed by atoms with E-state index in [1.54, 1.807) is 24.3 Å². The monoisotopic (exact) mass is 245 g/mol. The molecule has 1 unspecified atom stereocenters. The van der Waals surface area contributed by atoms with Crippen molar-refractivity contribution in [3.05, 3.63) is 59.5 Å². The summed E-state index contributed by atoms with van der Waals surface area (Å²) < 4.78 is 5.05. The quantitative estimate of drug-likeness (QED) is 0.866. The molecule has 4 heteroatoms. The van der Waals surface area contributed by atoms with Gasteiger partial charge in [0.1, 0.15) is 11.9 Å². The number of amides is 1. The summed E-state index contributed by atoms with van der Waals surface area (Å²) in [4.78, 5) is 11.8. The molecular weight excluding hydrogens is 230 g/mol. The fraction of sp³-hybridized carbons (Fsp3) is 0.214. The highest BCUT2D eigenvalue weighted by molar-refractivity contribution is 5.94. The van der Waals surface area contributed by atoms with Crippen molar-refractivity contribution in [2.75, 3.05) is 6.54 Å². The summed E-state index contributed by atoms with van der Waals surface area (Å²) in [5, 5.41) is 12.4. The smallest absolute Gasteiger partial charge is 0.251 e. The standard InChI is InChI=1S/C14H15NO3/c1-10-4-6-11(7-5-10)14(17)15-9-12(16)13-3-2-8-18-13/h2-8,12,16H,9H2,1H3,(H,15,17). The number of furan rings is 1. The molecule has 1 aromatic carbocycles. The van der Waals surface area contributed by atoms with Crippen LogP contribution in [0, 0.1) is 6.92 Å². The highest BCUT2D eigenvalue weighted by atomic mass is 16.4. The van der Waals surface area contributed by atoms with Crippen LogP contribution in [0.3, 0.4) is 0 Å². The minimum absolute atomic E-state index is 0.125. The lowest BCUT2D eigenvalue weighted by Crippen LogP contribution is -2.28. The van der Waals surface area contributed by atoms with Gasteiger partial charge in [-0.1, -0.05) is 17.7 Å². The first-order chi connectivity index (χ1) is 8.66. The fourth-order valence-electron chi connectivity index (χ4n) is 1.58. The highest BCUT2D eigenvalue weighted by Crippen LogP contribution is 2.12. The summed E-state index contributed by atoms with van der Waals surface area (Å²) in [6, 6.07) is 10.6. The van der Waals surface area contributed by atoms with Crippen LogP contribution < -0.4 is 5.32 Å². The average Bonchev–Trinajstić information content (AvgIpc) is 2.90. The van der Waals surface area contributed by atoms with E-state index in [4.69, 9.17) is 4.42 Å². The van der Waals surface area contributed by atoms with Gasteiger partial charge in [-0.25, -0.2) is 0 Å². The van der Waals surface area contributed by atoms with Gasteiger partial charge in [0.2, 0.25) is 0 Å². The minimum atomic E-state index is -0.825. The van der Waals surface area contributed by atoms with Crippen LogP contribution in [-0.2, 0) is 0 Å². The van der Waals surface area contributed by atoms with Gasteiger partial charge in [-0.3, -0.25) is 4.79 Å². The zero-order chi connectivity index (χ0) is 13.0. The van der Waals surface area contributed by atoms with Crippen molar-refractivity contribution in [3.63, 3.8) is 0 Å². The van der Waals surface area contributed by atoms with Crippen LogP contribution in [0.1, 0.15) is 27.8 Å². The second-order valence-electron chi connectivity index (χ2n) is 4.11. The minimum Gasteiger partial charge on any atom is -0.467 e. The predicted octanol–water partition coefficient (Wildman–Crippen LogP) is 2.05. The van der Waals surface area contributed by atoms with Crippen molar-refractivity contribution >= 4 is 5.91 Å².